The van der Waals surface area contributed by atoms with Crippen molar-refractivity contribution in [3.05, 3.63) is 210 Å². The first-order valence-electron chi connectivity index (χ1n) is 19.7. The molecule has 0 unspecified atom stereocenters. The molecule has 0 atom stereocenters. The number of fused-ring (bicyclic) bond motifs is 7. The van der Waals surface area contributed by atoms with Gasteiger partial charge in [-0.1, -0.05) is 141 Å². The topological polar surface area (TPSA) is 33.5 Å². The second-order valence-electron chi connectivity index (χ2n) is 15.5. The molecule has 5 nitrogen and oxygen atoms in total. The molecule has 0 bridgehead atoms. The van der Waals surface area contributed by atoms with Gasteiger partial charge in [-0.2, -0.15) is 5.06 Å². The van der Waals surface area contributed by atoms with Crippen LogP contribution in [0.3, 0.4) is 0 Å². The van der Waals surface area contributed by atoms with Crippen LogP contribution in [-0.2, 0) is 10.4 Å². The Morgan fingerprint density at radius 2 is 1.19 bits per heavy atom. The first kappa shape index (κ1) is 33.4. The number of hydrogen-bond acceptors (Lipinski definition) is 4. The highest BCUT2D eigenvalue weighted by atomic mass is 16.8. The molecule has 2 aromatic heterocycles. The van der Waals surface area contributed by atoms with E-state index in [4.69, 9.17) is 9.92 Å². The van der Waals surface area contributed by atoms with E-state index in [2.05, 4.69) is 188 Å². The first-order valence-corrected chi connectivity index (χ1v) is 19.7. The van der Waals surface area contributed by atoms with E-state index in [9.17, 15) is 0 Å². The quantitative estimate of drug-likeness (QED) is 0.170. The molecule has 1 aliphatic heterocycles. The summed E-state index contributed by atoms with van der Waals surface area (Å²) in [7, 11) is 1.95. The van der Waals surface area contributed by atoms with Crippen LogP contribution in [-0.4, -0.2) is 16.6 Å². The Hall–Kier alpha value is -6.95. The number of hydroxylamine groups is 1. The van der Waals surface area contributed by atoms with Crippen LogP contribution in [0.5, 0.6) is 0 Å². The molecule has 0 fully saturated rings. The highest BCUT2D eigenvalue weighted by molar-refractivity contribution is 6.09. The Kier molecular flexibility index (Phi) is 7.50. The fourth-order valence-electron chi connectivity index (χ4n) is 9.61. The predicted molar refractivity (Wildman–Crippen MR) is 233 cm³/mol. The smallest absolute Gasteiger partial charge is 0.138 e. The number of nitrogens with zero attached hydrogens (tertiary/aromatic N) is 4. The van der Waals surface area contributed by atoms with E-state index in [1.165, 1.54) is 55.3 Å². The Bertz CT molecular complexity index is 2990. The van der Waals surface area contributed by atoms with Crippen molar-refractivity contribution >= 4 is 38.9 Å². The summed E-state index contributed by atoms with van der Waals surface area (Å²) in [6, 6.07) is 64.0. The minimum atomic E-state index is -0.630. The van der Waals surface area contributed by atoms with Crippen molar-refractivity contribution in [3.63, 3.8) is 0 Å². The summed E-state index contributed by atoms with van der Waals surface area (Å²) in [5.41, 5.74) is 15.7. The van der Waals surface area contributed by atoms with Gasteiger partial charge >= 0.3 is 0 Å². The van der Waals surface area contributed by atoms with E-state index in [0.29, 0.717) is 5.92 Å². The van der Waals surface area contributed by atoms with Crippen molar-refractivity contribution in [2.45, 2.75) is 25.2 Å². The molecule has 9 aromatic rings. The highest BCUT2D eigenvalue weighted by Gasteiger charge is 2.46. The molecular formula is C52H40N4O. The van der Waals surface area contributed by atoms with Gasteiger partial charge in [-0.3, -0.25) is 4.57 Å². The maximum atomic E-state index is 6.39. The number of hydrogen-bond donors (Lipinski definition) is 0. The maximum absolute atomic E-state index is 6.39. The van der Waals surface area contributed by atoms with Crippen molar-refractivity contribution in [1.29, 1.82) is 0 Å². The van der Waals surface area contributed by atoms with E-state index in [1.54, 1.807) is 0 Å². The van der Waals surface area contributed by atoms with Crippen LogP contribution >= 0.6 is 0 Å². The monoisotopic (exact) mass is 736 g/mol. The standard InChI is InChI=1S/C52H40N4O/c1-34(2)39-17-4-5-18-40(39)35-29-30-53-51(31-35)55-47-24-11-8-21-43(47)44-28-27-37(33-50(44)55)52(45-22-9-6-19-41(45)42-20-7-10-23-46(42)52)36-15-14-16-38(32-36)56-49-26-13-12-25-48(49)54(3)57-56/h4-34H,1-3H3. The summed E-state index contributed by atoms with van der Waals surface area (Å²) in [4.78, 5) is 11.5. The predicted octanol–water partition coefficient (Wildman–Crippen LogP) is 12.8. The van der Waals surface area contributed by atoms with Gasteiger partial charge in [-0.15, -0.1) is 4.94 Å². The van der Waals surface area contributed by atoms with E-state index < -0.39 is 5.41 Å². The van der Waals surface area contributed by atoms with Crippen LogP contribution in [0.15, 0.2) is 182 Å². The van der Waals surface area contributed by atoms with Crippen molar-refractivity contribution in [2.24, 2.45) is 0 Å². The third-order valence-corrected chi connectivity index (χ3v) is 12.1. The number of rotatable bonds is 6. The zero-order chi connectivity index (χ0) is 38.3. The fourth-order valence-corrected chi connectivity index (χ4v) is 9.61. The van der Waals surface area contributed by atoms with Crippen molar-refractivity contribution < 1.29 is 4.94 Å². The van der Waals surface area contributed by atoms with Crippen LogP contribution in [0, 0.1) is 0 Å². The molecule has 0 saturated heterocycles. The lowest BCUT2D eigenvalue weighted by Gasteiger charge is -2.34. The molecule has 1 aliphatic carbocycles. The summed E-state index contributed by atoms with van der Waals surface area (Å²) < 4.78 is 2.36. The molecule has 274 valence electrons. The minimum absolute atomic E-state index is 0.396. The van der Waals surface area contributed by atoms with Crippen LogP contribution in [0.1, 0.15) is 47.6 Å². The van der Waals surface area contributed by atoms with Gasteiger partial charge in [0.25, 0.3) is 0 Å². The average molecular weight is 737 g/mol. The second kappa shape index (κ2) is 12.8. The van der Waals surface area contributed by atoms with Crippen LogP contribution in [0.25, 0.3) is 49.9 Å². The molecule has 0 spiro atoms. The van der Waals surface area contributed by atoms with E-state index in [-0.39, 0.29) is 0 Å². The number of benzene rings is 7. The van der Waals surface area contributed by atoms with Gasteiger partial charge < -0.3 is 0 Å². The van der Waals surface area contributed by atoms with E-state index in [0.717, 1.165) is 39.5 Å². The summed E-state index contributed by atoms with van der Waals surface area (Å²) in [5.74, 6) is 1.29. The van der Waals surface area contributed by atoms with Crippen LogP contribution < -0.4 is 10.1 Å². The average Bonchev–Trinajstić information content (AvgIpc) is 3.89. The Morgan fingerprint density at radius 3 is 1.98 bits per heavy atom. The summed E-state index contributed by atoms with van der Waals surface area (Å²) in [6.07, 6.45) is 1.96. The summed E-state index contributed by atoms with van der Waals surface area (Å²) in [5, 5.41) is 6.16. The van der Waals surface area contributed by atoms with Crippen molar-refractivity contribution in [3.8, 4) is 28.1 Å². The number of aromatic nitrogens is 2. The number of pyridine rings is 1. The molecule has 11 rings (SSSR count). The third-order valence-electron chi connectivity index (χ3n) is 12.1. The summed E-state index contributed by atoms with van der Waals surface area (Å²) >= 11 is 0. The molecule has 57 heavy (non-hydrogen) atoms. The van der Waals surface area contributed by atoms with Gasteiger partial charge in [0.2, 0.25) is 0 Å². The highest BCUT2D eigenvalue weighted by Crippen LogP contribution is 2.57. The molecule has 0 N–H and O–H groups in total. The van der Waals surface area contributed by atoms with Crippen molar-refractivity contribution in [2.75, 3.05) is 17.2 Å². The van der Waals surface area contributed by atoms with Gasteiger partial charge in [-0.05, 0) is 105 Å². The maximum Gasteiger partial charge on any atom is 0.138 e. The Labute approximate surface area is 332 Å². The molecule has 7 aromatic carbocycles. The van der Waals surface area contributed by atoms with Gasteiger partial charge in [0, 0.05) is 24.0 Å². The molecule has 3 heterocycles. The molecular weight excluding hydrogens is 697 g/mol. The molecule has 0 radical (unpaired) electrons. The molecule has 5 heteroatoms. The van der Waals surface area contributed by atoms with Gasteiger partial charge in [0.15, 0.2) is 0 Å². The van der Waals surface area contributed by atoms with E-state index >= 15 is 0 Å². The molecule has 0 saturated carbocycles. The Balaban J connectivity index is 1.18. The van der Waals surface area contributed by atoms with Crippen LogP contribution in [0.2, 0.25) is 0 Å². The van der Waals surface area contributed by atoms with Gasteiger partial charge in [0.05, 0.1) is 33.5 Å². The summed E-state index contributed by atoms with van der Waals surface area (Å²) in [6.45, 7) is 4.52. The lowest BCUT2D eigenvalue weighted by Crippen LogP contribution is -2.29. The zero-order valence-electron chi connectivity index (χ0n) is 32.1. The van der Waals surface area contributed by atoms with Crippen LogP contribution in [0.4, 0.5) is 17.1 Å². The lowest BCUT2D eigenvalue weighted by atomic mass is 9.67. The third kappa shape index (κ3) is 4.89. The van der Waals surface area contributed by atoms with Gasteiger partial charge in [0.1, 0.15) is 5.82 Å². The molecule has 2 aliphatic rings. The number of para-hydroxylation sites is 3. The largest absolute Gasteiger partial charge is 0.294 e. The lowest BCUT2D eigenvalue weighted by molar-refractivity contribution is 0.142. The SMILES string of the molecule is CC(C)c1ccccc1-c1ccnc(-n2c3ccccc3c3ccc(C4(c5cccc(N6ON(C)c7ccccc76)c5)c5ccccc5-c5ccccc54)cc32)c1. The van der Waals surface area contributed by atoms with E-state index in [1.807, 2.05) is 29.4 Å². The van der Waals surface area contributed by atoms with Gasteiger partial charge in [-0.25, -0.2) is 10.0 Å². The first-order chi connectivity index (χ1) is 28.0. The zero-order valence-corrected chi connectivity index (χ0v) is 32.1. The fraction of sp³-hybridized carbons (Fsp3) is 0.0962. The minimum Gasteiger partial charge on any atom is -0.294 e. The normalized spacial score (nSPS) is 14.0. The van der Waals surface area contributed by atoms with Crippen molar-refractivity contribution in [1.82, 2.24) is 9.55 Å². The number of anilines is 3. The Morgan fingerprint density at radius 1 is 0.544 bits per heavy atom. The second-order valence-corrected chi connectivity index (χ2v) is 15.5. The molecule has 0 amide bonds.